The predicted molar refractivity (Wildman–Crippen MR) is 71.0 cm³/mol. The smallest absolute Gasteiger partial charge is 0.123 e. The van der Waals surface area contributed by atoms with Gasteiger partial charge in [-0.25, -0.2) is 4.39 Å². The van der Waals surface area contributed by atoms with E-state index in [1.807, 2.05) is 0 Å². The van der Waals surface area contributed by atoms with E-state index in [9.17, 15) is 9.50 Å². The molecular formula is C15H22FNO. The molecular weight excluding hydrogens is 229 g/mol. The van der Waals surface area contributed by atoms with Gasteiger partial charge in [-0.05, 0) is 38.1 Å². The van der Waals surface area contributed by atoms with Gasteiger partial charge in [0, 0.05) is 18.2 Å². The molecule has 0 spiro atoms. The Bertz CT molecular complexity index is 386. The molecule has 100 valence electrons. The summed E-state index contributed by atoms with van der Waals surface area (Å²) in [6, 6.07) is 4.73. The summed E-state index contributed by atoms with van der Waals surface area (Å²) in [5, 5.41) is 9.74. The zero-order chi connectivity index (χ0) is 13.0. The van der Waals surface area contributed by atoms with Crippen LogP contribution in [0.3, 0.4) is 0 Å². The van der Waals surface area contributed by atoms with Crippen LogP contribution in [0, 0.1) is 5.82 Å². The fourth-order valence-electron chi connectivity index (χ4n) is 2.78. The van der Waals surface area contributed by atoms with Crippen LogP contribution < -0.4 is 0 Å². The van der Waals surface area contributed by atoms with Crippen LogP contribution in [0.1, 0.15) is 44.1 Å². The third-order valence-electron chi connectivity index (χ3n) is 3.91. The molecule has 0 aromatic heterocycles. The van der Waals surface area contributed by atoms with E-state index in [4.69, 9.17) is 0 Å². The Kier molecular flexibility index (Phi) is 4.59. The van der Waals surface area contributed by atoms with E-state index in [1.54, 1.807) is 0 Å². The second kappa shape index (κ2) is 6.19. The number of benzene rings is 1. The summed E-state index contributed by atoms with van der Waals surface area (Å²) in [4.78, 5) is 2.25. The minimum atomic E-state index is -0.280. The van der Waals surface area contributed by atoms with E-state index >= 15 is 0 Å². The second-order valence-corrected chi connectivity index (χ2v) is 5.33. The Morgan fingerprint density at radius 3 is 2.56 bits per heavy atom. The van der Waals surface area contributed by atoms with E-state index in [-0.39, 0.29) is 11.6 Å². The molecule has 1 aliphatic rings. The van der Waals surface area contributed by atoms with E-state index in [1.165, 1.54) is 56.7 Å². The first-order valence-corrected chi connectivity index (χ1v) is 6.84. The van der Waals surface area contributed by atoms with Gasteiger partial charge in [0.25, 0.3) is 0 Å². The molecule has 1 saturated carbocycles. The van der Waals surface area contributed by atoms with Crippen LogP contribution in [-0.4, -0.2) is 23.1 Å². The molecule has 1 fully saturated rings. The summed E-state index contributed by atoms with van der Waals surface area (Å²) < 4.78 is 13.2. The molecule has 0 aliphatic heterocycles. The van der Waals surface area contributed by atoms with Crippen LogP contribution in [0.4, 0.5) is 4.39 Å². The normalized spacial score (nSPS) is 17.9. The maximum Gasteiger partial charge on any atom is 0.123 e. The van der Waals surface area contributed by atoms with Gasteiger partial charge >= 0.3 is 0 Å². The predicted octanol–water partition coefficient (Wildman–Crippen LogP) is 3.69. The van der Waals surface area contributed by atoms with Gasteiger partial charge in [0.05, 0.1) is 0 Å². The van der Waals surface area contributed by atoms with Gasteiger partial charge in [-0.1, -0.05) is 25.7 Å². The first kappa shape index (κ1) is 13.3. The number of phenolic OH excluding ortho intramolecular Hbond substituents is 1. The topological polar surface area (TPSA) is 23.5 Å². The summed E-state index contributed by atoms with van der Waals surface area (Å²) >= 11 is 0. The summed E-state index contributed by atoms with van der Waals surface area (Å²) in [6.45, 7) is 0.619. The van der Waals surface area contributed by atoms with Crippen molar-refractivity contribution in [3.8, 4) is 5.75 Å². The Labute approximate surface area is 108 Å². The van der Waals surface area contributed by atoms with Crippen molar-refractivity contribution in [1.82, 2.24) is 4.90 Å². The van der Waals surface area contributed by atoms with Gasteiger partial charge < -0.3 is 5.11 Å². The molecule has 0 unspecified atom stereocenters. The van der Waals surface area contributed by atoms with Crippen LogP contribution in [0.15, 0.2) is 18.2 Å². The van der Waals surface area contributed by atoms with Crippen LogP contribution in [0.2, 0.25) is 0 Å². The van der Waals surface area contributed by atoms with Gasteiger partial charge in [-0.3, -0.25) is 4.90 Å². The molecule has 2 nitrogen and oxygen atoms in total. The molecule has 0 saturated heterocycles. The van der Waals surface area contributed by atoms with Gasteiger partial charge in [-0.15, -0.1) is 0 Å². The number of rotatable bonds is 3. The third kappa shape index (κ3) is 3.45. The average Bonchev–Trinajstić information content (AvgIpc) is 2.62. The lowest BCUT2D eigenvalue weighted by atomic mass is 10.1. The van der Waals surface area contributed by atoms with Crippen LogP contribution in [0.25, 0.3) is 0 Å². The maximum atomic E-state index is 13.2. The average molecular weight is 251 g/mol. The molecule has 18 heavy (non-hydrogen) atoms. The van der Waals surface area contributed by atoms with E-state index in [0.29, 0.717) is 18.2 Å². The molecule has 0 atom stereocenters. The van der Waals surface area contributed by atoms with E-state index in [0.717, 1.165) is 0 Å². The summed E-state index contributed by atoms with van der Waals surface area (Å²) in [5.41, 5.74) is 0.682. The summed E-state index contributed by atoms with van der Waals surface area (Å²) in [6.07, 6.45) is 7.65. The lowest BCUT2D eigenvalue weighted by molar-refractivity contribution is 0.210. The largest absolute Gasteiger partial charge is 0.508 e. The van der Waals surface area contributed by atoms with Crippen LogP contribution >= 0.6 is 0 Å². The van der Waals surface area contributed by atoms with Crippen molar-refractivity contribution in [2.45, 2.75) is 51.1 Å². The highest BCUT2D eigenvalue weighted by molar-refractivity contribution is 5.32. The molecule has 0 heterocycles. The molecule has 1 aromatic carbocycles. The number of aromatic hydroxyl groups is 1. The molecule has 0 bridgehead atoms. The van der Waals surface area contributed by atoms with Crippen LogP contribution in [-0.2, 0) is 6.54 Å². The van der Waals surface area contributed by atoms with Gasteiger partial charge in [0.15, 0.2) is 0 Å². The monoisotopic (exact) mass is 251 g/mol. The van der Waals surface area contributed by atoms with Crippen molar-refractivity contribution in [2.75, 3.05) is 7.05 Å². The quantitative estimate of drug-likeness (QED) is 0.828. The third-order valence-corrected chi connectivity index (χ3v) is 3.91. The van der Waals surface area contributed by atoms with Gasteiger partial charge in [0.2, 0.25) is 0 Å². The van der Waals surface area contributed by atoms with E-state index in [2.05, 4.69) is 11.9 Å². The first-order chi connectivity index (χ1) is 8.66. The fraction of sp³-hybridized carbons (Fsp3) is 0.600. The molecule has 3 heteroatoms. The highest BCUT2D eigenvalue weighted by Gasteiger charge is 2.18. The van der Waals surface area contributed by atoms with Crippen LogP contribution in [0.5, 0.6) is 5.75 Å². The molecule has 0 radical (unpaired) electrons. The van der Waals surface area contributed by atoms with Crippen molar-refractivity contribution >= 4 is 0 Å². The standard InChI is InChI=1S/C15H22FNO/c1-17(14-6-4-2-3-5-7-14)11-12-10-13(16)8-9-15(12)18/h8-10,14,18H,2-7,11H2,1H3. The number of hydrogen-bond acceptors (Lipinski definition) is 2. The Morgan fingerprint density at radius 1 is 1.22 bits per heavy atom. The highest BCUT2D eigenvalue weighted by atomic mass is 19.1. The Balaban J connectivity index is 2.00. The van der Waals surface area contributed by atoms with Gasteiger partial charge in [-0.2, -0.15) is 0 Å². The number of hydrogen-bond donors (Lipinski definition) is 1. The zero-order valence-electron chi connectivity index (χ0n) is 11.0. The molecule has 1 aromatic rings. The Morgan fingerprint density at radius 2 is 1.89 bits per heavy atom. The van der Waals surface area contributed by atoms with Crippen molar-refractivity contribution in [3.63, 3.8) is 0 Å². The lowest BCUT2D eigenvalue weighted by Gasteiger charge is -2.27. The molecule has 2 rings (SSSR count). The summed E-state index contributed by atoms with van der Waals surface area (Å²) in [7, 11) is 2.07. The second-order valence-electron chi connectivity index (χ2n) is 5.33. The minimum Gasteiger partial charge on any atom is -0.508 e. The lowest BCUT2D eigenvalue weighted by Crippen LogP contribution is -2.30. The number of nitrogens with zero attached hydrogens (tertiary/aromatic N) is 1. The highest BCUT2D eigenvalue weighted by Crippen LogP contribution is 2.25. The van der Waals surface area contributed by atoms with Crippen molar-refractivity contribution in [3.05, 3.63) is 29.6 Å². The van der Waals surface area contributed by atoms with Crippen molar-refractivity contribution in [2.24, 2.45) is 0 Å². The number of halogens is 1. The zero-order valence-corrected chi connectivity index (χ0v) is 11.0. The first-order valence-electron chi connectivity index (χ1n) is 6.84. The minimum absolute atomic E-state index is 0.192. The molecule has 0 amide bonds. The van der Waals surface area contributed by atoms with E-state index < -0.39 is 0 Å². The number of phenols is 1. The maximum absolute atomic E-state index is 13.2. The SMILES string of the molecule is CN(Cc1cc(F)ccc1O)C1CCCCCC1. The summed E-state index contributed by atoms with van der Waals surface area (Å²) in [5.74, 6) is -0.0889. The van der Waals surface area contributed by atoms with Crippen molar-refractivity contribution in [1.29, 1.82) is 0 Å². The molecule has 1 N–H and O–H groups in total. The Hall–Kier alpha value is -1.09. The molecule has 1 aliphatic carbocycles. The van der Waals surface area contributed by atoms with Gasteiger partial charge in [0.1, 0.15) is 11.6 Å². The fourth-order valence-corrected chi connectivity index (χ4v) is 2.78. The van der Waals surface area contributed by atoms with Crippen molar-refractivity contribution < 1.29 is 9.50 Å².